The summed E-state index contributed by atoms with van der Waals surface area (Å²) in [5.41, 5.74) is 3.94. The van der Waals surface area contributed by atoms with E-state index in [1.165, 1.54) is 16.7 Å². The molecule has 1 N–H and O–H groups in total. The molecule has 0 aliphatic carbocycles. The summed E-state index contributed by atoms with van der Waals surface area (Å²) in [6.07, 6.45) is 2.17. The van der Waals surface area contributed by atoms with Gasteiger partial charge in [0, 0.05) is 51.1 Å². The molecule has 1 fully saturated rings. The Bertz CT molecular complexity index is 696. The molecule has 25 heavy (non-hydrogen) atoms. The first kappa shape index (κ1) is 18.2. The van der Waals surface area contributed by atoms with E-state index >= 15 is 0 Å². The molecule has 2 aliphatic heterocycles. The summed E-state index contributed by atoms with van der Waals surface area (Å²) in [7, 11) is 0. The summed E-state index contributed by atoms with van der Waals surface area (Å²) in [6.45, 7) is 7.23. The number of piperidine rings is 1. The maximum atomic E-state index is 6.55. The summed E-state index contributed by atoms with van der Waals surface area (Å²) in [5.74, 6) is 1.07. The third kappa shape index (κ3) is 4.17. The molecule has 0 aromatic heterocycles. The lowest BCUT2D eigenvalue weighted by Crippen LogP contribution is -2.52. The molecule has 0 bridgehead atoms. The van der Waals surface area contributed by atoms with Crippen LogP contribution in [0.4, 0.5) is 0 Å². The van der Waals surface area contributed by atoms with Crippen LogP contribution in [0.15, 0.2) is 48.5 Å². The van der Waals surface area contributed by atoms with Gasteiger partial charge in [0.1, 0.15) is 11.4 Å². The van der Waals surface area contributed by atoms with Gasteiger partial charge in [0.25, 0.3) is 0 Å². The van der Waals surface area contributed by atoms with Crippen molar-refractivity contribution in [2.24, 2.45) is 0 Å². The van der Waals surface area contributed by atoms with Crippen LogP contribution in [-0.2, 0) is 13.1 Å². The highest BCUT2D eigenvalue weighted by Crippen LogP contribution is 2.33. The maximum absolute atomic E-state index is 6.55. The smallest absolute Gasteiger partial charge is 0.124 e. The number of nitrogens with zero attached hydrogens (tertiary/aromatic N) is 1. The molecule has 0 radical (unpaired) electrons. The number of ether oxygens (including phenoxy) is 1. The van der Waals surface area contributed by atoms with Gasteiger partial charge in [0.2, 0.25) is 0 Å². The molecule has 2 aromatic rings. The normalized spacial score (nSPS) is 19.4. The largest absolute Gasteiger partial charge is 0.486 e. The van der Waals surface area contributed by atoms with Crippen molar-refractivity contribution in [3.8, 4) is 5.75 Å². The quantitative estimate of drug-likeness (QED) is 0.880. The second-order valence-electron chi connectivity index (χ2n) is 7.26. The van der Waals surface area contributed by atoms with E-state index in [-0.39, 0.29) is 18.0 Å². The van der Waals surface area contributed by atoms with Crippen LogP contribution in [0.5, 0.6) is 5.75 Å². The van der Waals surface area contributed by atoms with Crippen molar-refractivity contribution in [2.45, 2.75) is 38.5 Å². The lowest BCUT2D eigenvalue weighted by Gasteiger charge is -2.41. The highest BCUT2D eigenvalue weighted by atomic mass is 35.5. The van der Waals surface area contributed by atoms with E-state index in [1.54, 1.807) is 0 Å². The Morgan fingerprint density at radius 1 is 1.08 bits per heavy atom. The summed E-state index contributed by atoms with van der Waals surface area (Å²) in [4.78, 5) is 2.55. The molecule has 3 nitrogen and oxygen atoms in total. The van der Waals surface area contributed by atoms with Crippen LogP contribution in [0, 0.1) is 6.92 Å². The Morgan fingerprint density at radius 3 is 2.60 bits per heavy atom. The van der Waals surface area contributed by atoms with Gasteiger partial charge in [-0.05, 0) is 18.6 Å². The summed E-state index contributed by atoms with van der Waals surface area (Å²) in [6, 6.07) is 17.3. The Kier molecular flexibility index (Phi) is 5.67. The van der Waals surface area contributed by atoms with Crippen LogP contribution in [0.3, 0.4) is 0 Å². The van der Waals surface area contributed by atoms with Crippen molar-refractivity contribution in [1.82, 2.24) is 10.2 Å². The zero-order valence-corrected chi connectivity index (χ0v) is 15.6. The molecule has 0 unspecified atom stereocenters. The molecule has 0 saturated carbocycles. The molecule has 134 valence electrons. The fraction of sp³-hybridized carbons (Fsp3) is 0.429. The molecular formula is C21H27ClN2O. The molecule has 2 heterocycles. The standard InChI is InChI=1S/C21H26N2O.ClH/c1-17-7-8-20-19(13-17)14-22-16-21(24-20)9-11-23(12-10-21)15-18-5-3-2-4-6-18;/h2-8,13,22H,9-12,14-16H2,1H3;1H. The number of fused-ring (bicyclic) bond motifs is 1. The summed E-state index contributed by atoms with van der Waals surface area (Å²) < 4.78 is 6.55. The van der Waals surface area contributed by atoms with E-state index in [0.717, 1.165) is 51.3 Å². The van der Waals surface area contributed by atoms with E-state index in [4.69, 9.17) is 4.74 Å². The number of likely N-dealkylation sites (tertiary alicyclic amines) is 1. The van der Waals surface area contributed by atoms with Crippen molar-refractivity contribution in [3.05, 3.63) is 65.2 Å². The highest BCUT2D eigenvalue weighted by molar-refractivity contribution is 5.85. The number of rotatable bonds is 2. The monoisotopic (exact) mass is 358 g/mol. The van der Waals surface area contributed by atoms with Crippen molar-refractivity contribution in [3.63, 3.8) is 0 Å². The van der Waals surface area contributed by atoms with Crippen LogP contribution in [0.25, 0.3) is 0 Å². The van der Waals surface area contributed by atoms with Crippen LogP contribution in [0.2, 0.25) is 0 Å². The molecule has 2 aromatic carbocycles. The SMILES string of the molecule is Cc1ccc2c(c1)CNCC1(CCN(Cc3ccccc3)CC1)O2.Cl. The number of nitrogens with one attached hydrogen (secondary N) is 1. The maximum Gasteiger partial charge on any atom is 0.124 e. The van der Waals surface area contributed by atoms with Crippen LogP contribution >= 0.6 is 12.4 Å². The van der Waals surface area contributed by atoms with Gasteiger partial charge in [-0.1, -0.05) is 48.0 Å². The number of halogens is 1. The minimum Gasteiger partial charge on any atom is -0.486 e. The van der Waals surface area contributed by atoms with Gasteiger partial charge in [-0.2, -0.15) is 0 Å². The first-order valence-electron chi connectivity index (χ1n) is 8.98. The second-order valence-corrected chi connectivity index (χ2v) is 7.26. The third-order valence-corrected chi connectivity index (χ3v) is 5.32. The van der Waals surface area contributed by atoms with Crippen LogP contribution in [-0.4, -0.2) is 30.1 Å². The molecule has 2 aliphatic rings. The van der Waals surface area contributed by atoms with Crippen molar-refractivity contribution in [1.29, 1.82) is 0 Å². The van der Waals surface area contributed by atoms with Gasteiger partial charge in [-0.3, -0.25) is 4.90 Å². The minimum atomic E-state index is -0.0479. The molecular weight excluding hydrogens is 332 g/mol. The van der Waals surface area contributed by atoms with Gasteiger partial charge < -0.3 is 10.1 Å². The van der Waals surface area contributed by atoms with Gasteiger partial charge in [-0.15, -0.1) is 12.4 Å². The van der Waals surface area contributed by atoms with Crippen molar-refractivity contribution >= 4 is 12.4 Å². The molecule has 4 rings (SSSR count). The lowest BCUT2D eigenvalue weighted by atomic mass is 9.90. The predicted molar refractivity (Wildman–Crippen MR) is 104 cm³/mol. The zero-order chi connectivity index (χ0) is 16.4. The van der Waals surface area contributed by atoms with E-state index < -0.39 is 0 Å². The van der Waals surface area contributed by atoms with Crippen LogP contribution in [0.1, 0.15) is 29.5 Å². The Hall–Kier alpha value is -1.55. The molecule has 0 amide bonds. The molecule has 4 heteroatoms. The number of benzene rings is 2. The fourth-order valence-corrected chi connectivity index (χ4v) is 3.88. The molecule has 0 atom stereocenters. The second kappa shape index (κ2) is 7.77. The number of hydrogen-bond acceptors (Lipinski definition) is 3. The predicted octanol–water partition coefficient (Wildman–Crippen LogP) is 3.93. The zero-order valence-electron chi connectivity index (χ0n) is 14.8. The highest BCUT2D eigenvalue weighted by Gasteiger charge is 2.38. The average Bonchev–Trinajstić information content (AvgIpc) is 2.77. The number of aryl methyl sites for hydroxylation is 1. The Labute approximate surface area is 156 Å². The third-order valence-electron chi connectivity index (χ3n) is 5.32. The Balaban J connectivity index is 0.00000182. The fourth-order valence-electron chi connectivity index (χ4n) is 3.88. The van der Waals surface area contributed by atoms with Crippen molar-refractivity contribution in [2.75, 3.05) is 19.6 Å². The van der Waals surface area contributed by atoms with Crippen molar-refractivity contribution < 1.29 is 4.74 Å². The molecule has 1 spiro atoms. The van der Waals surface area contributed by atoms with E-state index in [9.17, 15) is 0 Å². The Morgan fingerprint density at radius 2 is 1.84 bits per heavy atom. The van der Waals surface area contributed by atoms with Gasteiger partial charge in [0.05, 0.1) is 0 Å². The van der Waals surface area contributed by atoms with E-state index in [2.05, 4.69) is 65.7 Å². The van der Waals surface area contributed by atoms with E-state index in [1.807, 2.05) is 0 Å². The van der Waals surface area contributed by atoms with Gasteiger partial charge >= 0.3 is 0 Å². The minimum absolute atomic E-state index is 0. The first-order valence-corrected chi connectivity index (χ1v) is 8.98. The van der Waals surface area contributed by atoms with E-state index in [0.29, 0.717) is 0 Å². The summed E-state index contributed by atoms with van der Waals surface area (Å²) in [5, 5.41) is 3.61. The van der Waals surface area contributed by atoms with Crippen LogP contribution < -0.4 is 10.1 Å². The summed E-state index contributed by atoms with van der Waals surface area (Å²) >= 11 is 0. The average molecular weight is 359 g/mol. The van der Waals surface area contributed by atoms with Gasteiger partial charge in [0.15, 0.2) is 0 Å². The first-order chi connectivity index (χ1) is 11.7. The lowest BCUT2D eigenvalue weighted by molar-refractivity contribution is 0.00377. The number of hydrogen-bond donors (Lipinski definition) is 1. The molecule has 1 saturated heterocycles. The topological polar surface area (TPSA) is 24.5 Å². The van der Waals surface area contributed by atoms with Gasteiger partial charge in [-0.25, -0.2) is 0 Å².